The molecule has 6 aliphatic rings. The molecule has 1 aromatic rings. The van der Waals surface area contributed by atoms with Crippen LogP contribution in [0.1, 0.15) is 44.8 Å². The molecule has 4 aliphatic heterocycles. The summed E-state index contributed by atoms with van der Waals surface area (Å²) in [5.41, 5.74) is -1.97. The number of hydrogen-bond acceptors (Lipinski definition) is 7. The van der Waals surface area contributed by atoms with Gasteiger partial charge in [-0.05, 0) is 30.7 Å². The number of hydrogen-bond donors (Lipinski definition) is 1. The number of epoxide rings is 1. The number of esters is 2. The molecule has 4 saturated heterocycles. The zero-order valence-electron chi connectivity index (χ0n) is 15.2. The lowest BCUT2D eigenvalue weighted by Gasteiger charge is -2.66. The maximum Gasteiger partial charge on any atom is 0.341 e. The first-order chi connectivity index (χ1) is 12.8. The standard InChI is InChI=1S/C20H22O7/c1-18-7-11(9-4-6-24-8-9)25-16(21)10(18)3-5-19(2)14(18)12-13-15(26-13)20(19,23)17(22)27-12/h4,6,8,10-15,23H,3,5,7H2,1-2H3/t10-,11+,12+,13-,14?,15-,18+,19+,20-/m0/s1. The lowest BCUT2D eigenvalue weighted by molar-refractivity contribution is -0.282. The highest BCUT2D eigenvalue weighted by atomic mass is 16.7. The summed E-state index contributed by atoms with van der Waals surface area (Å²) < 4.78 is 22.3. The Morgan fingerprint density at radius 2 is 2.00 bits per heavy atom. The van der Waals surface area contributed by atoms with Gasteiger partial charge in [-0.3, -0.25) is 4.79 Å². The molecule has 5 heterocycles. The van der Waals surface area contributed by atoms with Gasteiger partial charge in [-0.25, -0.2) is 4.79 Å². The second-order valence-electron chi connectivity index (χ2n) is 9.34. The van der Waals surface area contributed by atoms with Gasteiger partial charge in [0.25, 0.3) is 0 Å². The molecule has 0 aromatic carbocycles. The van der Waals surface area contributed by atoms with E-state index in [9.17, 15) is 14.7 Å². The lowest BCUT2D eigenvalue weighted by atomic mass is 9.41. The third-order valence-electron chi connectivity index (χ3n) is 8.24. The van der Waals surface area contributed by atoms with E-state index in [1.54, 1.807) is 12.5 Å². The second kappa shape index (κ2) is 4.58. The number of carbonyl (C=O) groups excluding carboxylic acids is 2. The number of carbonyl (C=O) groups is 2. The smallest absolute Gasteiger partial charge is 0.341 e. The third kappa shape index (κ3) is 1.63. The molecule has 9 atom stereocenters. The third-order valence-corrected chi connectivity index (χ3v) is 8.24. The molecule has 0 amide bonds. The fourth-order valence-corrected chi connectivity index (χ4v) is 6.93. The lowest BCUT2D eigenvalue weighted by Crippen LogP contribution is -2.77. The maximum atomic E-state index is 12.9. The van der Waals surface area contributed by atoms with Crippen LogP contribution >= 0.6 is 0 Å². The van der Waals surface area contributed by atoms with E-state index in [0.29, 0.717) is 19.3 Å². The van der Waals surface area contributed by atoms with Gasteiger partial charge in [0, 0.05) is 16.9 Å². The molecule has 7 rings (SSSR count). The summed E-state index contributed by atoms with van der Waals surface area (Å²) in [5.74, 6) is -1.24. The molecule has 2 aliphatic carbocycles. The molecule has 7 nitrogen and oxygen atoms in total. The number of ether oxygens (including phenoxy) is 3. The minimum Gasteiger partial charge on any atom is -0.472 e. The first kappa shape index (κ1) is 16.1. The van der Waals surface area contributed by atoms with Gasteiger partial charge in [0.05, 0.1) is 18.4 Å². The van der Waals surface area contributed by atoms with E-state index in [-0.39, 0.29) is 23.9 Å². The van der Waals surface area contributed by atoms with Crippen LogP contribution in [0.4, 0.5) is 0 Å². The van der Waals surface area contributed by atoms with Gasteiger partial charge in [-0.1, -0.05) is 13.8 Å². The average molecular weight is 374 g/mol. The van der Waals surface area contributed by atoms with E-state index in [2.05, 4.69) is 6.92 Å². The summed E-state index contributed by atoms with van der Waals surface area (Å²) in [6, 6.07) is 1.81. The Kier molecular flexibility index (Phi) is 2.73. The summed E-state index contributed by atoms with van der Waals surface area (Å²) >= 11 is 0. The summed E-state index contributed by atoms with van der Waals surface area (Å²) in [7, 11) is 0. The van der Waals surface area contributed by atoms with E-state index in [1.807, 2.05) is 13.0 Å². The van der Waals surface area contributed by atoms with E-state index >= 15 is 0 Å². The fraction of sp³-hybridized carbons (Fsp3) is 0.700. The molecule has 27 heavy (non-hydrogen) atoms. The summed E-state index contributed by atoms with van der Waals surface area (Å²) in [4.78, 5) is 25.5. The predicted molar refractivity (Wildman–Crippen MR) is 88.1 cm³/mol. The maximum absolute atomic E-state index is 12.9. The zero-order chi connectivity index (χ0) is 18.8. The molecular formula is C20H22O7. The van der Waals surface area contributed by atoms with E-state index in [1.165, 1.54) is 0 Å². The van der Waals surface area contributed by atoms with Crippen LogP contribution in [0.3, 0.4) is 0 Å². The quantitative estimate of drug-likeness (QED) is 0.590. The van der Waals surface area contributed by atoms with Crippen molar-refractivity contribution in [3.05, 3.63) is 24.2 Å². The molecule has 2 bridgehead atoms. The second-order valence-corrected chi connectivity index (χ2v) is 9.34. The summed E-state index contributed by atoms with van der Waals surface area (Å²) in [5, 5.41) is 11.4. The number of furan rings is 1. The fourth-order valence-electron chi connectivity index (χ4n) is 6.93. The van der Waals surface area contributed by atoms with Crippen molar-refractivity contribution in [2.45, 2.75) is 63.1 Å². The molecule has 1 unspecified atom stereocenters. The van der Waals surface area contributed by atoms with Crippen LogP contribution in [0.15, 0.2) is 23.0 Å². The van der Waals surface area contributed by atoms with Crippen LogP contribution < -0.4 is 0 Å². The molecule has 0 spiro atoms. The van der Waals surface area contributed by atoms with Crippen molar-refractivity contribution in [3.63, 3.8) is 0 Å². The summed E-state index contributed by atoms with van der Waals surface area (Å²) in [6.45, 7) is 4.06. The van der Waals surface area contributed by atoms with Crippen molar-refractivity contribution in [2.75, 3.05) is 0 Å². The topological polar surface area (TPSA) is 98.5 Å². The Morgan fingerprint density at radius 1 is 1.19 bits per heavy atom. The molecule has 144 valence electrons. The van der Waals surface area contributed by atoms with E-state index < -0.39 is 40.7 Å². The van der Waals surface area contributed by atoms with Crippen LogP contribution in [-0.4, -0.2) is 41.0 Å². The molecule has 7 heteroatoms. The molecular weight excluding hydrogens is 352 g/mol. The molecule has 1 N–H and O–H groups in total. The monoisotopic (exact) mass is 374 g/mol. The van der Waals surface area contributed by atoms with Crippen molar-refractivity contribution < 1.29 is 33.3 Å². The van der Waals surface area contributed by atoms with Crippen LogP contribution in [0.25, 0.3) is 0 Å². The van der Waals surface area contributed by atoms with Crippen molar-refractivity contribution in [1.29, 1.82) is 0 Å². The predicted octanol–water partition coefficient (Wildman–Crippen LogP) is 1.74. The first-order valence-corrected chi connectivity index (χ1v) is 9.62. The first-order valence-electron chi connectivity index (χ1n) is 9.62. The number of cyclic esters (lactones) is 1. The molecule has 2 saturated carbocycles. The summed E-state index contributed by atoms with van der Waals surface area (Å²) in [6.07, 6.45) is 3.34. The normalized spacial score (nSPS) is 55.1. The van der Waals surface area contributed by atoms with Gasteiger partial charge in [0.2, 0.25) is 0 Å². The highest BCUT2D eigenvalue weighted by molar-refractivity contribution is 5.85. The largest absolute Gasteiger partial charge is 0.472 e. The van der Waals surface area contributed by atoms with Crippen molar-refractivity contribution in [3.8, 4) is 0 Å². The Bertz CT molecular complexity index is 849. The van der Waals surface area contributed by atoms with Gasteiger partial charge >= 0.3 is 11.9 Å². The van der Waals surface area contributed by atoms with Crippen molar-refractivity contribution >= 4 is 11.9 Å². The van der Waals surface area contributed by atoms with E-state index in [4.69, 9.17) is 18.6 Å². The number of rotatable bonds is 1. The van der Waals surface area contributed by atoms with Crippen molar-refractivity contribution in [2.24, 2.45) is 22.7 Å². The van der Waals surface area contributed by atoms with Crippen LogP contribution in [0.5, 0.6) is 0 Å². The van der Waals surface area contributed by atoms with E-state index in [0.717, 1.165) is 5.56 Å². The Morgan fingerprint density at radius 3 is 2.74 bits per heavy atom. The minimum absolute atomic E-state index is 0.169. The number of aliphatic hydroxyl groups is 1. The molecule has 1 aromatic heterocycles. The van der Waals surface area contributed by atoms with Gasteiger partial charge in [0.1, 0.15) is 24.4 Å². The van der Waals surface area contributed by atoms with Crippen LogP contribution in [0, 0.1) is 22.7 Å². The average Bonchev–Trinajstić information content (AvgIpc) is 3.24. The Labute approximate surface area is 155 Å². The number of fused-ring (bicyclic) bond motifs is 2. The van der Waals surface area contributed by atoms with Gasteiger partial charge in [-0.2, -0.15) is 0 Å². The molecule has 0 radical (unpaired) electrons. The van der Waals surface area contributed by atoms with Crippen LogP contribution in [0.2, 0.25) is 0 Å². The van der Waals surface area contributed by atoms with Gasteiger partial charge in [-0.15, -0.1) is 0 Å². The zero-order valence-corrected chi connectivity index (χ0v) is 15.2. The van der Waals surface area contributed by atoms with Gasteiger partial charge in [0.15, 0.2) is 5.60 Å². The highest BCUT2D eigenvalue weighted by Gasteiger charge is 2.84. The van der Waals surface area contributed by atoms with Crippen LogP contribution in [-0.2, 0) is 23.8 Å². The van der Waals surface area contributed by atoms with Crippen molar-refractivity contribution in [1.82, 2.24) is 0 Å². The highest BCUT2D eigenvalue weighted by Crippen LogP contribution is 2.72. The SMILES string of the molecule is C[C@@]12C[C@H](c3ccoc3)OC(=O)[C@@H]1CC[C@]1(C)C2[C@@H]2OC(=O)[C@@]1(O)[C@H]1O[C@@H]21. The molecule has 6 fully saturated rings. The Hall–Kier alpha value is -1.86. The Balaban J connectivity index is 1.48. The van der Waals surface area contributed by atoms with Gasteiger partial charge < -0.3 is 23.7 Å². The minimum atomic E-state index is -1.64.